The molecule has 0 aromatic heterocycles. The monoisotopic (exact) mass is 193 g/mol. The molecule has 1 atom stereocenters. The molecule has 1 aliphatic carbocycles. The minimum absolute atomic E-state index is 0. The lowest BCUT2D eigenvalue weighted by Gasteiger charge is -2.08. The van der Waals surface area contributed by atoms with Crippen molar-refractivity contribution in [2.45, 2.75) is 32.2 Å². The van der Waals surface area contributed by atoms with E-state index in [1.165, 1.54) is 12.8 Å². The predicted octanol–water partition coefficient (Wildman–Crippen LogP) is 1.10. The van der Waals surface area contributed by atoms with Crippen LogP contribution in [0.25, 0.3) is 0 Å². The van der Waals surface area contributed by atoms with Gasteiger partial charge >= 0.3 is 5.97 Å². The van der Waals surface area contributed by atoms with E-state index in [4.69, 9.17) is 10.5 Å². The highest BCUT2D eigenvalue weighted by Gasteiger charge is 2.27. The summed E-state index contributed by atoms with van der Waals surface area (Å²) in [4.78, 5) is 11.0. The van der Waals surface area contributed by atoms with Crippen molar-refractivity contribution in [1.29, 1.82) is 0 Å². The van der Waals surface area contributed by atoms with E-state index in [2.05, 4.69) is 0 Å². The van der Waals surface area contributed by atoms with Gasteiger partial charge in [0.25, 0.3) is 0 Å². The van der Waals surface area contributed by atoms with E-state index in [9.17, 15) is 4.79 Å². The average molecular weight is 194 g/mol. The average Bonchev–Trinajstić information content (AvgIpc) is 2.72. The highest BCUT2D eigenvalue weighted by Crippen LogP contribution is 2.33. The Balaban J connectivity index is 0.00000121. The Morgan fingerprint density at radius 2 is 2.25 bits per heavy atom. The van der Waals surface area contributed by atoms with Gasteiger partial charge in [0.15, 0.2) is 0 Å². The van der Waals surface area contributed by atoms with Crippen LogP contribution >= 0.6 is 12.4 Å². The van der Waals surface area contributed by atoms with Gasteiger partial charge in [-0.3, -0.25) is 4.79 Å². The maximum absolute atomic E-state index is 11.0. The lowest BCUT2D eigenvalue weighted by molar-refractivity contribution is -0.144. The Hall–Kier alpha value is -0.280. The normalized spacial score (nSPS) is 17.8. The molecule has 1 saturated carbocycles. The second-order valence-electron chi connectivity index (χ2n) is 3.04. The van der Waals surface area contributed by atoms with Crippen molar-refractivity contribution in [2.75, 3.05) is 6.61 Å². The highest BCUT2D eigenvalue weighted by molar-refractivity contribution is 5.85. The van der Waals surface area contributed by atoms with Gasteiger partial charge in [-0.2, -0.15) is 0 Å². The van der Waals surface area contributed by atoms with Gasteiger partial charge in [0.05, 0.1) is 6.61 Å². The summed E-state index contributed by atoms with van der Waals surface area (Å²) in [5.41, 5.74) is 5.57. The van der Waals surface area contributed by atoms with Crippen LogP contribution in [0, 0.1) is 5.92 Å². The van der Waals surface area contributed by atoms with E-state index in [1.54, 1.807) is 6.92 Å². The van der Waals surface area contributed by atoms with Crippen LogP contribution in [0.1, 0.15) is 26.2 Å². The molecule has 0 aromatic rings. The van der Waals surface area contributed by atoms with Crippen molar-refractivity contribution in [3.63, 3.8) is 0 Å². The lowest BCUT2D eigenvalue weighted by Crippen LogP contribution is -2.32. The van der Waals surface area contributed by atoms with Crippen LogP contribution in [0.3, 0.4) is 0 Å². The summed E-state index contributed by atoms with van der Waals surface area (Å²) in [6, 6.07) is -0.387. The molecule has 72 valence electrons. The zero-order valence-electron chi connectivity index (χ0n) is 7.29. The van der Waals surface area contributed by atoms with E-state index in [0.29, 0.717) is 12.5 Å². The lowest BCUT2D eigenvalue weighted by atomic mass is 10.1. The Kier molecular flexibility index (Phi) is 5.25. The van der Waals surface area contributed by atoms with E-state index in [0.717, 1.165) is 6.42 Å². The number of ether oxygens (including phenoxy) is 1. The molecular formula is C8H16ClNO2. The van der Waals surface area contributed by atoms with Crippen LogP contribution in [0.15, 0.2) is 0 Å². The fourth-order valence-electron chi connectivity index (χ4n) is 1.06. The van der Waals surface area contributed by atoms with Gasteiger partial charge in [-0.25, -0.2) is 0 Å². The molecule has 1 aliphatic rings. The molecule has 0 bridgehead atoms. The summed E-state index contributed by atoms with van der Waals surface area (Å²) in [6.07, 6.45) is 3.26. The van der Waals surface area contributed by atoms with Gasteiger partial charge < -0.3 is 10.5 Å². The molecule has 1 rings (SSSR count). The Labute approximate surface area is 79.1 Å². The smallest absolute Gasteiger partial charge is 0.322 e. The first kappa shape index (κ1) is 11.7. The predicted molar refractivity (Wildman–Crippen MR) is 49.2 cm³/mol. The fourth-order valence-corrected chi connectivity index (χ4v) is 1.06. The molecule has 0 saturated heterocycles. The van der Waals surface area contributed by atoms with E-state index in [-0.39, 0.29) is 24.4 Å². The van der Waals surface area contributed by atoms with Gasteiger partial charge in [0.1, 0.15) is 6.04 Å². The molecule has 0 unspecified atom stereocenters. The summed E-state index contributed by atoms with van der Waals surface area (Å²) in [7, 11) is 0. The van der Waals surface area contributed by atoms with Crippen molar-refractivity contribution in [2.24, 2.45) is 11.7 Å². The minimum atomic E-state index is -0.387. The molecular weight excluding hydrogens is 178 g/mol. The Morgan fingerprint density at radius 3 is 2.67 bits per heavy atom. The molecule has 0 spiro atoms. The topological polar surface area (TPSA) is 52.3 Å². The molecule has 0 aromatic carbocycles. The van der Waals surface area contributed by atoms with Crippen LogP contribution in [-0.4, -0.2) is 18.6 Å². The standard InChI is InChI=1S/C8H15NO2.ClH/c1-2-11-8(10)7(9)5-6-3-4-6;/h6-7H,2-5,9H2,1H3;1H/t7-;/m0./s1. The molecule has 1 fully saturated rings. The first-order valence-electron chi connectivity index (χ1n) is 4.16. The Morgan fingerprint density at radius 1 is 1.67 bits per heavy atom. The number of carbonyl (C=O) groups is 1. The third-order valence-electron chi connectivity index (χ3n) is 1.87. The summed E-state index contributed by atoms with van der Waals surface area (Å²) in [5.74, 6) is 0.439. The first-order chi connectivity index (χ1) is 5.24. The van der Waals surface area contributed by atoms with E-state index >= 15 is 0 Å². The molecule has 0 heterocycles. The van der Waals surface area contributed by atoms with Crippen LogP contribution in [0.2, 0.25) is 0 Å². The number of halogens is 1. The Bertz CT molecular complexity index is 148. The van der Waals surface area contributed by atoms with Crippen molar-refractivity contribution in [3.8, 4) is 0 Å². The number of nitrogens with two attached hydrogens (primary N) is 1. The zero-order chi connectivity index (χ0) is 8.27. The van der Waals surface area contributed by atoms with Gasteiger partial charge in [0, 0.05) is 0 Å². The second-order valence-corrected chi connectivity index (χ2v) is 3.04. The summed E-state index contributed by atoms with van der Waals surface area (Å²) < 4.78 is 4.77. The molecule has 3 nitrogen and oxygen atoms in total. The number of carbonyl (C=O) groups excluding carboxylic acids is 1. The largest absolute Gasteiger partial charge is 0.465 e. The van der Waals surface area contributed by atoms with Crippen LogP contribution in [0.5, 0.6) is 0 Å². The molecule has 2 N–H and O–H groups in total. The number of rotatable bonds is 4. The third kappa shape index (κ3) is 3.93. The maximum Gasteiger partial charge on any atom is 0.322 e. The molecule has 0 aliphatic heterocycles. The summed E-state index contributed by atoms with van der Waals surface area (Å²) in [5, 5.41) is 0. The second kappa shape index (κ2) is 5.38. The number of esters is 1. The zero-order valence-corrected chi connectivity index (χ0v) is 8.10. The summed E-state index contributed by atoms with van der Waals surface area (Å²) >= 11 is 0. The van der Waals surface area contributed by atoms with E-state index in [1.807, 2.05) is 0 Å². The van der Waals surface area contributed by atoms with Crippen molar-refractivity contribution in [1.82, 2.24) is 0 Å². The van der Waals surface area contributed by atoms with Crippen LogP contribution in [-0.2, 0) is 9.53 Å². The van der Waals surface area contributed by atoms with Crippen molar-refractivity contribution >= 4 is 18.4 Å². The number of hydrogen-bond acceptors (Lipinski definition) is 3. The number of hydrogen-bond donors (Lipinski definition) is 1. The molecule has 4 heteroatoms. The van der Waals surface area contributed by atoms with Crippen LogP contribution < -0.4 is 5.73 Å². The first-order valence-corrected chi connectivity index (χ1v) is 4.16. The fraction of sp³-hybridized carbons (Fsp3) is 0.875. The van der Waals surface area contributed by atoms with E-state index < -0.39 is 0 Å². The van der Waals surface area contributed by atoms with Gasteiger partial charge in [-0.1, -0.05) is 12.8 Å². The summed E-state index contributed by atoms with van der Waals surface area (Å²) in [6.45, 7) is 2.22. The van der Waals surface area contributed by atoms with Gasteiger partial charge in [0.2, 0.25) is 0 Å². The molecule has 0 amide bonds. The van der Waals surface area contributed by atoms with Crippen LogP contribution in [0.4, 0.5) is 0 Å². The highest BCUT2D eigenvalue weighted by atomic mass is 35.5. The van der Waals surface area contributed by atoms with Gasteiger partial charge in [-0.05, 0) is 19.3 Å². The van der Waals surface area contributed by atoms with Crippen molar-refractivity contribution in [3.05, 3.63) is 0 Å². The molecule has 12 heavy (non-hydrogen) atoms. The SMILES string of the molecule is CCOC(=O)[C@@H](N)CC1CC1.Cl. The third-order valence-corrected chi connectivity index (χ3v) is 1.87. The van der Waals surface area contributed by atoms with Crippen molar-refractivity contribution < 1.29 is 9.53 Å². The quantitative estimate of drug-likeness (QED) is 0.681. The maximum atomic E-state index is 11.0. The van der Waals surface area contributed by atoms with Gasteiger partial charge in [-0.15, -0.1) is 12.4 Å². The minimum Gasteiger partial charge on any atom is -0.465 e. The molecule has 0 radical (unpaired) electrons.